The van der Waals surface area contributed by atoms with Crippen LogP contribution in [-0.2, 0) is 0 Å². The van der Waals surface area contributed by atoms with Gasteiger partial charge < -0.3 is 10.3 Å². The highest BCUT2D eigenvalue weighted by Crippen LogP contribution is 2.24. The first-order valence-corrected chi connectivity index (χ1v) is 10.2. The molecule has 5 nitrogen and oxygen atoms in total. The second-order valence-corrected chi connectivity index (χ2v) is 7.32. The molecule has 0 bridgehead atoms. The van der Waals surface area contributed by atoms with Gasteiger partial charge in [-0.1, -0.05) is 57.2 Å². The van der Waals surface area contributed by atoms with Crippen molar-refractivity contribution in [2.45, 2.75) is 45.4 Å². The molecule has 0 saturated carbocycles. The first-order valence-electron chi connectivity index (χ1n) is 10.2. The van der Waals surface area contributed by atoms with E-state index in [0.717, 1.165) is 46.1 Å². The van der Waals surface area contributed by atoms with Crippen LogP contribution in [0.25, 0.3) is 33.1 Å². The molecule has 0 unspecified atom stereocenters. The predicted octanol–water partition coefficient (Wildman–Crippen LogP) is 5.35. The van der Waals surface area contributed by atoms with Crippen LogP contribution < -0.4 is 5.32 Å². The SMILES string of the molecule is CCCCCCCCNC(=O)c1ccc2nc3[nH]c4ccccc4c3nc2c1. The summed E-state index contributed by atoms with van der Waals surface area (Å²) in [5, 5.41) is 4.07. The molecule has 4 aromatic rings. The summed E-state index contributed by atoms with van der Waals surface area (Å²) >= 11 is 0. The molecular weight excluding hydrogens is 348 g/mol. The lowest BCUT2D eigenvalue weighted by atomic mass is 10.1. The van der Waals surface area contributed by atoms with Crippen molar-refractivity contribution in [3.05, 3.63) is 48.0 Å². The number of aromatic amines is 1. The van der Waals surface area contributed by atoms with Gasteiger partial charge in [-0.05, 0) is 30.7 Å². The zero-order valence-electron chi connectivity index (χ0n) is 16.3. The Balaban J connectivity index is 1.48. The van der Waals surface area contributed by atoms with Crippen molar-refractivity contribution in [1.82, 2.24) is 20.3 Å². The highest BCUT2D eigenvalue weighted by molar-refractivity contribution is 6.06. The zero-order chi connectivity index (χ0) is 19.3. The number of nitrogens with zero attached hydrogens (tertiary/aromatic N) is 2. The number of amides is 1. The van der Waals surface area contributed by atoms with Crippen LogP contribution in [0, 0.1) is 0 Å². The summed E-state index contributed by atoms with van der Waals surface area (Å²) in [6.07, 6.45) is 7.29. The average molecular weight is 374 g/mol. The van der Waals surface area contributed by atoms with E-state index < -0.39 is 0 Å². The molecule has 1 amide bonds. The number of aromatic nitrogens is 3. The molecule has 2 N–H and O–H groups in total. The van der Waals surface area contributed by atoms with E-state index in [0.29, 0.717) is 5.56 Å². The highest BCUT2D eigenvalue weighted by Gasteiger charge is 2.11. The lowest BCUT2D eigenvalue weighted by molar-refractivity contribution is 0.0953. The van der Waals surface area contributed by atoms with Crippen molar-refractivity contribution >= 4 is 39.0 Å². The number of fused-ring (bicyclic) bond motifs is 4. The minimum atomic E-state index is -0.0451. The molecule has 2 heterocycles. The molecule has 0 spiro atoms. The summed E-state index contributed by atoms with van der Waals surface area (Å²) in [6, 6.07) is 13.6. The molecule has 2 aromatic carbocycles. The molecule has 28 heavy (non-hydrogen) atoms. The topological polar surface area (TPSA) is 70.7 Å². The van der Waals surface area contributed by atoms with Crippen molar-refractivity contribution < 1.29 is 4.79 Å². The lowest BCUT2D eigenvalue weighted by Gasteiger charge is -2.06. The van der Waals surface area contributed by atoms with Gasteiger partial charge in [0.25, 0.3) is 5.91 Å². The molecule has 0 radical (unpaired) electrons. The molecule has 0 aliphatic carbocycles. The third-order valence-electron chi connectivity index (χ3n) is 5.18. The van der Waals surface area contributed by atoms with Crippen molar-refractivity contribution in [3.63, 3.8) is 0 Å². The van der Waals surface area contributed by atoms with E-state index in [4.69, 9.17) is 4.98 Å². The standard InChI is InChI=1S/C23H26N4O/c1-2-3-4-5-6-9-14-24-23(28)16-12-13-19-20(15-16)25-21-17-10-7-8-11-18(17)26-22(21)27-19/h7-8,10-13,15H,2-6,9,14H2,1H3,(H,24,28)(H,26,27). The van der Waals surface area contributed by atoms with Gasteiger partial charge in [-0.2, -0.15) is 0 Å². The first kappa shape index (κ1) is 18.4. The molecule has 0 aliphatic rings. The fourth-order valence-electron chi connectivity index (χ4n) is 3.61. The van der Waals surface area contributed by atoms with Crippen LogP contribution >= 0.6 is 0 Å². The summed E-state index contributed by atoms with van der Waals surface area (Å²) in [5.41, 5.74) is 4.79. The van der Waals surface area contributed by atoms with Gasteiger partial charge in [-0.25, -0.2) is 9.97 Å². The molecule has 144 valence electrons. The molecule has 0 fully saturated rings. The first-order chi connectivity index (χ1) is 13.8. The van der Waals surface area contributed by atoms with Crippen LogP contribution in [0.1, 0.15) is 55.8 Å². The number of para-hydroxylation sites is 1. The van der Waals surface area contributed by atoms with Crippen LogP contribution in [-0.4, -0.2) is 27.4 Å². The number of nitrogens with one attached hydrogen (secondary N) is 2. The maximum atomic E-state index is 12.5. The van der Waals surface area contributed by atoms with Gasteiger partial charge >= 0.3 is 0 Å². The number of hydrogen-bond donors (Lipinski definition) is 2. The molecule has 0 aliphatic heterocycles. The molecular formula is C23H26N4O. The van der Waals surface area contributed by atoms with E-state index >= 15 is 0 Å². The van der Waals surface area contributed by atoms with Crippen LogP contribution in [0.15, 0.2) is 42.5 Å². The quantitative estimate of drug-likeness (QED) is 0.408. The Morgan fingerprint density at radius 3 is 2.68 bits per heavy atom. The number of rotatable bonds is 8. The summed E-state index contributed by atoms with van der Waals surface area (Å²) in [7, 11) is 0. The normalized spacial score (nSPS) is 11.5. The van der Waals surface area contributed by atoms with E-state index in [1.807, 2.05) is 42.5 Å². The Hall–Kier alpha value is -2.95. The van der Waals surface area contributed by atoms with Crippen molar-refractivity contribution in [2.75, 3.05) is 6.54 Å². The Kier molecular flexibility index (Phi) is 5.51. The van der Waals surface area contributed by atoms with Gasteiger partial charge in [-0.3, -0.25) is 4.79 Å². The lowest BCUT2D eigenvalue weighted by Crippen LogP contribution is -2.24. The molecule has 4 rings (SSSR count). The third-order valence-corrected chi connectivity index (χ3v) is 5.18. The smallest absolute Gasteiger partial charge is 0.251 e. The number of unbranched alkanes of at least 4 members (excludes halogenated alkanes) is 5. The van der Waals surface area contributed by atoms with E-state index in [9.17, 15) is 4.79 Å². The van der Waals surface area contributed by atoms with Gasteiger partial charge in [0, 0.05) is 23.0 Å². The van der Waals surface area contributed by atoms with Crippen LogP contribution in [0.3, 0.4) is 0 Å². The summed E-state index contributed by atoms with van der Waals surface area (Å²) < 4.78 is 0. The van der Waals surface area contributed by atoms with Gasteiger partial charge in [-0.15, -0.1) is 0 Å². The summed E-state index contributed by atoms with van der Waals surface area (Å²) in [4.78, 5) is 25.2. The van der Waals surface area contributed by atoms with Gasteiger partial charge in [0.15, 0.2) is 5.65 Å². The van der Waals surface area contributed by atoms with Gasteiger partial charge in [0.1, 0.15) is 5.52 Å². The molecule has 2 aromatic heterocycles. The largest absolute Gasteiger partial charge is 0.352 e. The summed E-state index contributed by atoms with van der Waals surface area (Å²) in [5.74, 6) is -0.0451. The summed E-state index contributed by atoms with van der Waals surface area (Å²) in [6.45, 7) is 2.94. The minimum absolute atomic E-state index is 0.0451. The monoisotopic (exact) mass is 374 g/mol. The van der Waals surface area contributed by atoms with Crippen LogP contribution in [0.2, 0.25) is 0 Å². The van der Waals surface area contributed by atoms with E-state index in [1.165, 1.54) is 32.1 Å². The van der Waals surface area contributed by atoms with E-state index in [2.05, 4.69) is 22.2 Å². The van der Waals surface area contributed by atoms with Crippen molar-refractivity contribution in [3.8, 4) is 0 Å². The number of carbonyl (C=O) groups is 1. The van der Waals surface area contributed by atoms with Crippen LogP contribution in [0.4, 0.5) is 0 Å². The molecule has 0 saturated heterocycles. The maximum absolute atomic E-state index is 12.5. The predicted molar refractivity (Wildman–Crippen MR) is 115 cm³/mol. The van der Waals surface area contributed by atoms with Crippen molar-refractivity contribution in [1.29, 1.82) is 0 Å². The Morgan fingerprint density at radius 2 is 1.79 bits per heavy atom. The van der Waals surface area contributed by atoms with Crippen molar-refractivity contribution in [2.24, 2.45) is 0 Å². The van der Waals surface area contributed by atoms with Crippen LogP contribution in [0.5, 0.6) is 0 Å². The highest BCUT2D eigenvalue weighted by atomic mass is 16.1. The maximum Gasteiger partial charge on any atom is 0.251 e. The second-order valence-electron chi connectivity index (χ2n) is 7.32. The fraction of sp³-hybridized carbons (Fsp3) is 0.348. The molecule has 5 heteroatoms. The van der Waals surface area contributed by atoms with E-state index in [1.54, 1.807) is 0 Å². The van der Waals surface area contributed by atoms with Gasteiger partial charge in [0.05, 0.1) is 11.0 Å². The van der Waals surface area contributed by atoms with Gasteiger partial charge in [0.2, 0.25) is 0 Å². The number of hydrogen-bond acceptors (Lipinski definition) is 3. The van der Waals surface area contributed by atoms with E-state index in [-0.39, 0.29) is 5.91 Å². The number of carbonyl (C=O) groups excluding carboxylic acids is 1. The number of H-pyrrole nitrogens is 1. The Morgan fingerprint density at radius 1 is 0.964 bits per heavy atom. The second kappa shape index (κ2) is 8.38. The Bertz CT molecular complexity index is 1120. The number of benzene rings is 2. The molecule has 0 atom stereocenters. The minimum Gasteiger partial charge on any atom is -0.352 e. The zero-order valence-corrected chi connectivity index (χ0v) is 16.3. The fourth-order valence-corrected chi connectivity index (χ4v) is 3.61. The average Bonchev–Trinajstić information content (AvgIpc) is 3.08. The third kappa shape index (κ3) is 3.84. The Labute approximate surface area is 164 Å².